The summed E-state index contributed by atoms with van der Waals surface area (Å²) in [4.78, 5) is 16.3. The zero-order valence-corrected chi connectivity index (χ0v) is 15.1. The molecular weight excluding hydrogens is 326 g/mol. The Labute approximate surface area is 147 Å². The van der Waals surface area contributed by atoms with Crippen molar-refractivity contribution in [3.05, 3.63) is 46.7 Å². The van der Waals surface area contributed by atoms with Gasteiger partial charge in [-0.25, -0.2) is 0 Å². The summed E-state index contributed by atoms with van der Waals surface area (Å²) >= 11 is 6.13. The fourth-order valence-electron chi connectivity index (χ4n) is 2.12. The van der Waals surface area contributed by atoms with Crippen LogP contribution in [0.3, 0.4) is 0 Å². The molecule has 2 N–H and O–H groups in total. The Bertz CT molecular complexity index is 734. The molecule has 5 nitrogen and oxygen atoms in total. The fraction of sp³-hybridized carbons (Fsp3) is 0.333. The first kappa shape index (κ1) is 18.1. The summed E-state index contributed by atoms with van der Waals surface area (Å²) in [6.45, 7) is 5.90. The molecule has 0 saturated heterocycles. The van der Waals surface area contributed by atoms with Gasteiger partial charge in [-0.05, 0) is 44.0 Å². The lowest BCUT2D eigenvalue weighted by atomic mass is 10.2. The number of anilines is 2. The van der Waals surface area contributed by atoms with Crippen LogP contribution in [0.4, 0.5) is 11.4 Å². The van der Waals surface area contributed by atoms with Gasteiger partial charge in [0, 0.05) is 29.0 Å². The highest BCUT2D eigenvalue weighted by Crippen LogP contribution is 2.33. The van der Waals surface area contributed by atoms with E-state index in [1.54, 1.807) is 31.5 Å². The number of ether oxygens (including phenoxy) is 1. The summed E-state index contributed by atoms with van der Waals surface area (Å²) in [6, 6.07) is 7.28. The summed E-state index contributed by atoms with van der Waals surface area (Å²) in [6.07, 6.45) is 2.47. The Hall–Kier alpha value is -2.27. The monoisotopic (exact) mass is 347 g/mol. The number of benzene rings is 1. The number of rotatable bonds is 6. The normalized spacial score (nSPS) is 11.7. The number of carbonyl (C=O) groups excluding carboxylic acids is 1. The van der Waals surface area contributed by atoms with Gasteiger partial charge in [-0.3, -0.25) is 9.78 Å². The van der Waals surface area contributed by atoms with Crippen molar-refractivity contribution in [3.63, 3.8) is 0 Å². The first-order chi connectivity index (χ1) is 11.4. The minimum Gasteiger partial charge on any atom is -0.495 e. The maximum atomic E-state index is 12.2. The minimum absolute atomic E-state index is 0.106. The second kappa shape index (κ2) is 8.02. The number of hydrogen-bond acceptors (Lipinski definition) is 4. The molecule has 0 aliphatic carbocycles. The number of aromatic nitrogens is 1. The first-order valence-electron chi connectivity index (χ1n) is 7.82. The number of pyridine rings is 1. The van der Waals surface area contributed by atoms with Gasteiger partial charge in [-0.1, -0.05) is 18.5 Å². The Morgan fingerprint density at radius 2 is 2.12 bits per heavy atom. The van der Waals surface area contributed by atoms with E-state index in [1.165, 1.54) is 0 Å². The molecule has 1 aromatic carbocycles. The first-order valence-corrected chi connectivity index (χ1v) is 8.20. The van der Waals surface area contributed by atoms with E-state index in [0.29, 0.717) is 16.5 Å². The zero-order valence-electron chi connectivity index (χ0n) is 14.3. The maximum absolute atomic E-state index is 12.2. The highest BCUT2D eigenvalue weighted by molar-refractivity contribution is 6.31. The molecule has 2 aromatic rings. The van der Waals surface area contributed by atoms with Crippen LogP contribution in [-0.4, -0.2) is 24.0 Å². The van der Waals surface area contributed by atoms with E-state index >= 15 is 0 Å². The molecule has 0 bridgehead atoms. The Balaban J connectivity index is 2.24. The Morgan fingerprint density at radius 3 is 2.79 bits per heavy atom. The third-order valence-corrected chi connectivity index (χ3v) is 4.15. The van der Waals surface area contributed by atoms with E-state index in [9.17, 15) is 4.79 Å². The largest absolute Gasteiger partial charge is 0.495 e. The van der Waals surface area contributed by atoms with Crippen molar-refractivity contribution in [2.75, 3.05) is 12.4 Å². The summed E-state index contributed by atoms with van der Waals surface area (Å²) < 4.78 is 5.36. The third-order valence-electron chi connectivity index (χ3n) is 3.74. The van der Waals surface area contributed by atoms with E-state index in [1.807, 2.05) is 26.8 Å². The van der Waals surface area contributed by atoms with Crippen molar-refractivity contribution in [2.45, 2.75) is 33.2 Å². The van der Waals surface area contributed by atoms with Crippen molar-refractivity contribution >= 4 is 28.9 Å². The highest BCUT2D eigenvalue weighted by atomic mass is 35.5. The maximum Gasteiger partial charge on any atom is 0.270 e. The predicted molar refractivity (Wildman–Crippen MR) is 97.5 cm³/mol. The van der Waals surface area contributed by atoms with Crippen LogP contribution in [0.15, 0.2) is 30.5 Å². The molecule has 24 heavy (non-hydrogen) atoms. The Morgan fingerprint density at radius 1 is 1.38 bits per heavy atom. The second-order valence-electron chi connectivity index (χ2n) is 5.64. The number of nitrogens with zero attached hydrogens (tertiary/aromatic N) is 1. The third kappa shape index (κ3) is 4.38. The average molecular weight is 348 g/mol. The molecule has 1 amide bonds. The van der Waals surface area contributed by atoms with Gasteiger partial charge in [-0.15, -0.1) is 0 Å². The summed E-state index contributed by atoms with van der Waals surface area (Å²) in [5.41, 5.74) is 2.83. The number of methoxy groups -OCH3 is 1. The summed E-state index contributed by atoms with van der Waals surface area (Å²) in [7, 11) is 1.59. The SMILES string of the molecule is CCC(C)NC(=O)c1cc(Nc2cc(C)c(Cl)cc2OC)ccn1. The minimum atomic E-state index is -0.188. The molecule has 1 heterocycles. The van der Waals surface area contributed by atoms with Crippen molar-refractivity contribution < 1.29 is 9.53 Å². The molecule has 0 radical (unpaired) electrons. The topological polar surface area (TPSA) is 63.2 Å². The lowest BCUT2D eigenvalue weighted by Crippen LogP contribution is -2.32. The zero-order chi connectivity index (χ0) is 17.7. The lowest BCUT2D eigenvalue weighted by molar-refractivity contribution is 0.0934. The molecule has 0 aliphatic heterocycles. The molecule has 1 atom stereocenters. The van der Waals surface area contributed by atoms with Gasteiger partial charge in [0.2, 0.25) is 0 Å². The molecule has 6 heteroatoms. The molecule has 128 valence electrons. The van der Waals surface area contributed by atoms with E-state index in [2.05, 4.69) is 15.6 Å². The quantitative estimate of drug-likeness (QED) is 0.816. The van der Waals surface area contributed by atoms with Gasteiger partial charge in [0.25, 0.3) is 5.91 Å². The van der Waals surface area contributed by atoms with Crippen molar-refractivity contribution in [1.29, 1.82) is 0 Å². The van der Waals surface area contributed by atoms with Crippen LogP contribution < -0.4 is 15.4 Å². The van der Waals surface area contributed by atoms with E-state index in [0.717, 1.165) is 23.4 Å². The molecule has 2 rings (SSSR count). The predicted octanol–water partition coefficient (Wildman–Crippen LogP) is 4.32. The number of amides is 1. The Kier molecular flexibility index (Phi) is 6.04. The molecule has 0 aliphatic rings. The fourth-order valence-corrected chi connectivity index (χ4v) is 2.27. The van der Waals surface area contributed by atoms with Crippen LogP contribution in [0.5, 0.6) is 5.75 Å². The molecule has 0 fully saturated rings. The van der Waals surface area contributed by atoms with Gasteiger partial charge in [-0.2, -0.15) is 0 Å². The molecule has 0 saturated carbocycles. The average Bonchev–Trinajstić information content (AvgIpc) is 2.58. The second-order valence-corrected chi connectivity index (χ2v) is 6.05. The van der Waals surface area contributed by atoms with Gasteiger partial charge in [0.15, 0.2) is 0 Å². The van der Waals surface area contributed by atoms with Crippen LogP contribution in [0, 0.1) is 6.92 Å². The van der Waals surface area contributed by atoms with Crippen LogP contribution >= 0.6 is 11.6 Å². The number of nitrogens with one attached hydrogen (secondary N) is 2. The molecular formula is C18H22ClN3O2. The van der Waals surface area contributed by atoms with Crippen LogP contribution in [0.2, 0.25) is 5.02 Å². The number of halogens is 1. The summed E-state index contributed by atoms with van der Waals surface area (Å²) in [5.74, 6) is 0.445. The van der Waals surface area contributed by atoms with Crippen molar-refractivity contribution in [3.8, 4) is 5.75 Å². The summed E-state index contributed by atoms with van der Waals surface area (Å²) in [5, 5.41) is 6.79. The van der Waals surface area contributed by atoms with E-state index in [4.69, 9.17) is 16.3 Å². The van der Waals surface area contributed by atoms with Gasteiger partial charge >= 0.3 is 0 Å². The van der Waals surface area contributed by atoms with Crippen molar-refractivity contribution in [2.24, 2.45) is 0 Å². The van der Waals surface area contributed by atoms with Gasteiger partial charge in [0.1, 0.15) is 11.4 Å². The standard InChI is InChI=1S/C18H22ClN3O2/c1-5-12(3)21-18(23)16-9-13(6-7-20-16)22-15-8-11(2)14(19)10-17(15)24-4/h6-10,12H,5H2,1-4H3,(H,20,22)(H,21,23). The van der Waals surface area contributed by atoms with Gasteiger partial charge in [0.05, 0.1) is 12.8 Å². The van der Waals surface area contributed by atoms with E-state index < -0.39 is 0 Å². The van der Waals surface area contributed by atoms with Crippen LogP contribution in [0.25, 0.3) is 0 Å². The smallest absolute Gasteiger partial charge is 0.270 e. The lowest BCUT2D eigenvalue weighted by Gasteiger charge is -2.14. The highest BCUT2D eigenvalue weighted by Gasteiger charge is 2.12. The van der Waals surface area contributed by atoms with Crippen LogP contribution in [-0.2, 0) is 0 Å². The van der Waals surface area contributed by atoms with Crippen molar-refractivity contribution in [1.82, 2.24) is 10.3 Å². The van der Waals surface area contributed by atoms with E-state index in [-0.39, 0.29) is 11.9 Å². The number of aryl methyl sites for hydroxylation is 1. The number of carbonyl (C=O) groups is 1. The molecule has 1 aromatic heterocycles. The molecule has 0 spiro atoms. The van der Waals surface area contributed by atoms with Crippen LogP contribution in [0.1, 0.15) is 36.3 Å². The molecule has 1 unspecified atom stereocenters. The van der Waals surface area contributed by atoms with Gasteiger partial charge < -0.3 is 15.4 Å². The number of hydrogen-bond donors (Lipinski definition) is 2.